The van der Waals surface area contributed by atoms with Gasteiger partial charge in [0.1, 0.15) is 17.3 Å². The van der Waals surface area contributed by atoms with Crippen LogP contribution in [0.5, 0.6) is 11.5 Å². The molecule has 0 saturated heterocycles. The fourth-order valence-electron chi connectivity index (χ4n) is 2.40. The Bertz CT molecular complexity index is 719. The third-order valence-corrected chi connectivity index (χ3v) is 4.33. The molecule has 1 unspecified atom stereocenters. The fraction of sp³-hybridized carbons (Fsp3) is 0.316. The van der Waals surface area contributed by atoms with E-state index in [1.807, 2.05) is 38.1 Å². The minimum atomic E-state index is -0.372. The summed E-state index contributed by atoms with van der Waals surface area (Å²) in [7, 11) is 1.61. The summed E-state index contributed by atoms with van der Waals surface area (Å²) in [5.41, 5.74) is 0.993. The molecule has 0 saturated carbocycles. The first kappa shape index (κ1) is 19.2. The molecule has 0 bridgehead atoms. The van der Waals surface area contributed by atoms with E-state index in [0.717, 1.165) is 11.3 Å². The highest BCUT2D eigenvalue weighted by Gasteiger charge is 2.19. The molecular formula is C19H21BrFNO3. The maximum atomic E-state index is 13.1. The van der Waals surface area contributed by atoms with Crippen LogP contribution in [0.3, 0.4) is 0 Å². The van der Waals surface area contributed by atoms with Crippen molar-refractivity contribution in [2.45, 2.75) is 19.9 Å². The quantitative estimate of drug-likeness (QED) is 0.732. The first-order chi connectivity index (χ1) is 11.9. The fourth-order valence-corrected chi connectivity index (χ4v) is 2.86. The zero-order valence-corrected chi connectivity index (χ0v) is 16.0. The van der Waals surface area contributed by atoms with Crippen molar-refractivity contribution in [1.82, 2.24) is 5.32 Å². The molecule has 2 rings (SSSR count). The number of nitrogens with one attached hydrogen (secondary N) is 1. The van der Waals surface area contributed by atoms with Gasteiger partial charge in [0.15, 0.2) is 6.61 Å². The van der Waals surface area contributed by atoms with Crippen LogP contribution in [0.25, 0.3) is 0 Å². The maximum Gasteiger partial charge on any atom is 0.258 e. The molecular weight excluding hydrogens is 389 g/mol. The topological polar surface area (TPSA) is 47.6 Å². The molecule has 134 valence electrons. The first-order valence-electron chi connectivity index (χ1n) is 7.92. The van der Waals surface area contributed by atoms with Crippen LogP contribution in [0, 0.1) is 11.7 Å². The molecule has 2 aromatic rings. The Labute approximate surface area is 155 Å². The number of hydrogen-bond donors (Lipinski definition) is 1. The maximum absolute atomic E-state index is 13.1. The standard InChI is InChI=1S/C19H21BrFNO3/c1-12(2)19(13-4-7-15(24-3)8-5-13)22-18(23)11-25-17-9-6-14(21)10-16(17)20/h4-10,12,19H,11H2,1-3H3,(H,22,23). The number of methoxy groups -OCH3 is 1. The highest BCUT2D eigenvalue weighted by molar-refractivity contribution is 9.10. The SMILES string of the molecule is COc1ccc(C(NC(=O)COc2ccc(F)cc2Br)C(C)C)cc1. The van der Waals surface area contributed by atoms with E-state index < -0.39 is 0 Å². The van der Waals surface area contributed by atoms with Gasteiger partial charge in [-0.1, -0.05) is 26.0 Å². The van der Waals surface area contributed by atoms with E-state index in [0.29, 0.717) is 10.2 Å². The molecule has 6 heteroatoms. The van der Waals surface area contributed by atoms with Gasteiger partial charge in [0.25, 0.3) is 5.91 Å². The van der Waals surface area contributed by atoms with Gasteiger partial charge in [0.2, 0.25) is 0 Å². The summed E-state index contributed by atoms with van der Waals surface area (Å²) in [4.78, 5) is 12.3. The van der Waals surface area contributed by atoms with Gasteiger partial charge >= 0.3 is 0 Å². The third-order valence-electron chi connectivity index (χ3n) is 3.71. The van der Waals surface area contributed by atoms with Crippen molar-refractivity contribution >= 4 is 21.8 Å². The van der Waals surface area contributed by atoms with Gasteiger partial charge in [-0.2, -0.15) is 0 Å². The second kappa shape index (κ2) is 8.85. The molecule has 0 radical (unpaired) electrons. The van der Waals surface area contributed by atoms with Crippen molar-refractivity contribution in [3.8, 4) is 11.5 Å². The van der Waals surface area contributed by atoms with Crippen LogP contribution in [0.1, 0.15) is 25.5 Å². The minimum Gasteiger partial charge on any atom is -0.497 e. The lowest BCUT2D eigenvalue weighted by Gasteiger charge is -2.23. The normalized spacial score (nSPS) is 11.9. The second-order valence-electron chi connectivity index (χ2n) is 5.93. The lowest BCUT2D eigenvalue weighted by molar-refractivity contribution is -0.124. The molecule has 0 heterocycles. The lowest BCUT2D eigenvalue weighted by atomic mass is 9.96. The Morgan fingerprint density at radius 2 is 1.88 bits per heavy atom. The van der Waals surface area contributed by atoms with Crippen molar-refractivity contribution in [3.63, 3.8) is 0 Å². The van der Waals surface area contributed by atoms with Gasteiger partial charge in [-0.15, -0.1) is 0 Å². The second-order valence-corrected chi connectivity index (χ2v) is 6.78. The molecule has 0 spiro atoms. The monoisotopic (exact) mass is 409 g/mol. The van der Waals surface area contributed by atoms with Gasteiger partial charge < -0.3 is 14.8 Å². The summed E-state index contributed by atoms with van der Waals surface area (Å²) < 4.78 is 24.2. The lowest BCUT2D eigenvalue weighted by Crippen LogP contribution is -2.35. The van der Waals surface area contributed by atoms with Crippen molar-refractivity contribution < 1.29 is 18.7 Å². The molecule has 1 atom stereocenters. The van der Waals surface area contributed by atoms with Gasteiger partial charge in [0.05, 0.1) is 17.6 Å². The highest BCUT2D eigenvalue weighted by atomic mass is 79.9. The van der Waals surface area contributed by atoms with Crippen molar-refractivity contribution in [3.05, 3.63) is 58.3 Å². The van der Waals surface area contributed by atoms with Crippen LogP contribution >= 0.6 is 15.9 Å². The van der Waals surface area contributed by atoms with E-state index >= 15 is 0 Å². The zero-order chi connectivity index (χ0) is 18.4. The molecule has 1 N–H and O–H groups in total. The number of carbonyl (C=O) groups is 1. The predicted molar refractivity (Wildman–Crippen MR) is 98.3 cm³/mol. The van der Waals surface area contributed by atoms with E-state index in [2.05, 4.69) is 21.2 Å². The average Bonchev–Trinajstić information content (AvgIpc) is 2.59. The van der Waals surface area contributed by atoms with Crippen LogP contribution in [0.4, 0.5) is 4.39 Å². The third kappa shape index (κ3) is 5.46. The van der Waals surface area contributed by atoms with Crippen molar-refractivity contribution in [2.24, 2.45) is 5.92 Å². The molecule has 0 aromatic heterocycles. The molecule has 2 aromatic carbocycles. The summed E-state index contributed by atoms with van der Waals surface area (Å²) in [6, 6.07) is 11.5. The Hall–Kier alpha value is -2.08. The molecule has 4 nitrogen and oxygen atoms in total. The Morgan fingerprint density at radius 3 is 2.44 bits per heavy atom. The Morgan fingerprint density at radius 1 is 1.20 bits per heavy atom. The molecule has 25 heavy (non-hydrogen) atoms. The Kier molecular flexibility index (Phi) is 6.82. The largest absolute Gasteiger partial charge is 0.497 e. The summed E-state index contributed by atoms with van der Waals surface area (Å²) in [6.07, 6.45) is 0. The Balaban J connectivity index is 1.99. The van der Waals surface area contributed by atoms with Gasteiger partial charge in [-0.3, -0.25) is 4.79 Å². The van der Waals surface area contributed by atoms with Crippen LogP contribution < -0.4 is 14.8 Å². The van der Waals surface area contributed by atoms with Gasteiger partial charge in [-0.05, 0) is 57.7 Å². The van der Waals surface area contributed by atoms with E-state index in [4.69, 9.17) is 9.47 Å². The highest BCUT2D eigenvalue weighted by Crippen LogP contribution is 2.26. The van der Waals surface area contributed by atoms with Crippen LogP contribution in [-0.4, -0.2) is 19.6 Å². The van der Waals surface area contributed by atoms with Gasteiger partial charge in [-0.25, -0.2) is 4.39 Å². The summed E-state index contributed by atoms with van der Waals surface area (Å²) in [5, 5.41) is 2.98. The van der Waals surface area contributed by atoms with E-state index in [-0.39, 0.29) is 30.3 Å². The van der Waals surface area contributed by atoms with Crippen LogP contribution in [-0.2, 0) is 4.79 Å². The van der Waals surface area contributed by atoms with Gasteiger partial charge in [0, 0.05) is 0 Å². The number of carbonyl (C=O) groups excluding carboxylic acids is 1. The van der Waals surface area contributed by atoms with Crippen LogP contribution in [0.2, 0.25) is 0 Å². The van der Waals surface area contributed by atoms with Crippen molar-refractivity contribution in [1.29, 1.82) is 0 Å². The predicted octanol–water partition coefficient (Wildman–Crippen LogP) is 4.49. The number of rotatable bonds is 7. The summed E-state index contributed by atoms with van der Waals surface area (Å²) >= 11 is 3.21. The molecule has 0 aliphatic carbocycles. The number of ether oxygens (including phenoxy) is 2. The van der Waals surface area contributed by atoms with Crippen LogP contribution in [0.15, 0.2) is 46.9 Å². The number of halogens is 2. The minimum absolute atomic E-state index is 0.140. The average molecular weight is 410 g/mol. The number of amides is 1. The molecule has 0 aliphatic heterocycles. The number of hydrogen-bond acceptors (Lipinski definition) is 3. The zero-order valence-electron chi connectivity index (χ0n) is 14.4. The molecule has 0 aliphatic rings. The number of benzene rings is 2. The van der Waals surface area contributed by atoms with E-state index in [1.54, 1.807) is 7.11 Å². The van der Waals surface area contributed by atoms with E-state index in [9.17, 15) is 9.18 Å². The molecule has 1 amide bonds. The van der Waals surface area contributed by atoms with E-state index in [1.165, 1.54) is 18.2 Å². The molecule has 0 fully saturated rings. The van der Waals surface area contributed by atoms with Crippen molar-refractivity contribution in [2.75, 3.05) is 13.7 Å². The summed E-state index contributed by atoms with van der Waals surface area (Å²) in [6.45, 7) is 3.92. The first-order valence-corrected chi connectivity index (χ1v) is 8.71. The smallest absolute Gasteiger partial charge is 0.258 e. The summed E-state index contributed by atoms with van der Waals surface area (Å²) in [5.74, 6) is 0.771.